The van der Waals surface area contributed by atoms with Crippen LogP contribution in [0.2, 0.25) is 0 Å². The van der Waals surface area contributed by atoms with E-state index >= 15 is 0 Å². The van der Waals surface area contributed by atoms with Crippen molar-refractivity contribution in [2.45, 2.75) is 20.4 Å². The molecule has 0 saturated heterocycles. The molecule has 0 radical (unpaired) electrons. The van der Waals surface area contributed by atoms with Gasteiger partial charge in [-0.25, -0.2) is 4.79 Å². The Bertz CT molecular complexity index is 638. The maximum absolute atomic E-state index is 11.9. The Labute approximate surface area is 124 Å². The summed E-state index contributed by atoms with van der Waals surface area (Å²) in [6.07, 6.45) is 3.75. The summed E-state index contributed by atoms with van der Waals surface area (Å²) in [5, 5.41) is 0. The first-order valence-corrected chi connectivity index (χ1v) is 6.88. The van der Waals surface area contributed by atoms with E-state index in [4.69, 9.17) is 0 Å². The molecule has 0 aliphatic rings. The Morgan fingerprint density at radius 1 is 1.10 bits per heavy atom. The Morgan fingerprint density at radius 2 is 1.76 bits per heavy atom. The van der Waals surface area contributed by atoms with Gasteiger partial charge in [-0.1, -0.05) is 26.0 Å². The lowest BCUT2D eigenvalue weighted by Crippen LogP contribution is -2.06. The predicted octanol–water partition coefficient (Wildman–Crippen LogP) is 3.16. The van der Waals surface area contributed by atoms with Crippen LogP contribution in [0.25, 0.3) is 0 Å². The fourth-order valence-electron chi connectivity index (χ4n) is 2.09. The lowest BCUT2D eigenvalue weighted by molar-refractivity contribution is 0.0600. The van der Waals surface area contributed by atoms with Gasteiger partial charge in [-0.2, -0.15) is 0 Å². The van der Waals surface area contributed by atoms with E-state index in [-0.39, 0.29) is 17.7 Å². The quantitative estimate of drug-likeness (QED) is 0.626. The van der Waals surface area contributed by atoms with Crippen molar-refractivity contribution in [1.29, 1.82) is 0 Å². The zero-order valence-corrected chi connectivity index (χ0v) is 12.5. The van der Waals surface area contributed by atoms with Crippen LogP contribution < -0.4 is 0 Å². The second-order valence-corrected chi connectivity index (χ2v) is 5.28. The number of hydrogen-bond donors (Lipinski definition) is 0. The van der Waals surface area contributed by atoms with Crippen molar-refractivity contribution < 1.29 is 14.3 Å². The van der Waals surface area contributed by atoms with Crippen molar-refractivity contribution in [2.75, 3.05) is 7.11 Å². The van der Waals surface area contributed by atoms with Crippen LogP contribution in [0.15, 0.2) is 42.7 Å². The smallest absolute Gasteiger partial charge is 0.337 e. The van der Waals surface area contributed by atoms with Gasteiger partial charge < -0.3 is 9.30 Å². The molecule has 4 nitrogen and oxygen atoms in total. The van der Waals surface area contributed by atoms with Gasteiger partial charge in [0.2, 0.25) is 0 Å². The minimum absolute atomic E-state index is 0.000176. The monoisotopic (exact) mass is 285 g/mol. The predicted molar refractivity (Wildman–Crippen MR) is 80.5 cm³/mol. The summed E-state index contributed by atoms with van der Waals surface area (Å²) in [6, 6.07) is 9.09. The standard InChI is InChI=1S/C17H19NO3/c1-12(2)16(19)15-8-9-18(11-15)10-13-4-6-14(7-5-13)17(20)21-3/h4-9,11-12H,10H2,1-3H3. The average Bonchev–Trinajstić information content (AvgIpc) is 2.94. The number of nitrogens with zero attached hydrogens (tertiary/aromatic N) is 1. The van der Waals surface area contributed by atoms with Crippen molar-refractivity contribution in [2.24, 2.45) is 5.92 Å². The zero-order valence-electron chi connectivity index (χ0n) is 12.5. The number of hydrogen-bond acceptors (Lipinski definition) is 3. The third-order valence-corrected chi connectivity index (χ3v) is 3.30. The number of carbonyl (C=O) groups excluding carboxylic acids is 2. The van der Waals surface area contributed by atoms with Crippen LogP contribution >= 0.6 is 0 Å². The summed E-state index contributed by atoms with van der Waals surface area (Å²) >= 11 is 0. The average molecular weight is 285 g/mol. The van der Waals surface area contributed by atoms with Gasteiger partial charge in [-0.05, 0) is 23.8 Å². The number of ketones is 1. The van der Waals surface area contributed by atoms with Crippen molar-refractivity contribution in [3.8, 4) is 0 Å². The summed E-state index contributed by atoms with van der Waals surface area (Å²) in [5.74, 6) is -0.192. The van der Waals surface area contributed by atoms with E-state index in [9.17, 15) is 9.59 Å². The molecule has 1 aromatic carbocycles. The maximum Gasteiger partial charge on any atom is 0.337 e. The number of esters is 1. The van der Waals surface area contributed by atoms with E-state index < -0.39 is 0 Å². The van der Waals surface area contributed by atoms with Gasteiger partial charge >= 0.3 is 5.97 Å². The molecule has 0 spiro atoms. The SMILES string of the molecule is COC(=O)c1ccc(Cn2ccc(C(=O)C(C)C)c2)cc1. The van der Waals surface area contributed by atoms with Crippen LogP contribution in [0.1, 0.15) is 40.1 Å². The van der Waals surface area contributed by atoms with Gasteiger partial charge in [-0.3, -0.25) is 4.79 Å². The Kier molecular flexibility index (Phi) is 4.58. The van der Waals surface area contributed by atoms with E-state index in [0.29, 0.717) is 12.1 Å². The minimum Gasteiger partial charge on any atom is -0.465 e. The van der Waals surface area contributed by atoms with Crippen LogP contribution in [-0.2, 0) is 11.3 Å². The minimum atomic E-state index is -0.340. The number of rotatable bonds is 5. The molecule has 0 amide bonds. The molecule has 4 heteroatoms. The van der Waals surface area contributed by atoms with Gasteiger partial charge in [0.15, 0.2) is 5.78 Å². The van der Waals surface area contributed by atoms with Crippen molar-refractivity contribution >= 4 is 11.8 Å². The normalized spacial score (nSPS) is 10.7. The topological polar surface area (TPSA) is 48.3 Å². The molecule has 0 aliphatic heterocycles. The van der Waals surface area contributed by atoms with Gasteiger partial charge in [0.25, 0.3) is 0 Å². The van der Waals surface area contributed by atoms with Crippen LogP contribution in [0, 0.1) is 5.92 Å². The van der Waals surface area contributed by atoms with E-state index in [1.807, 2.05) is 49.0 Å². The molecule has 0 bridgehead atoms. The molecule has 0 atom stereocenters. The Balaban J connectivity index is 2.08. The number of Topliss-reactive ketones (excluding diaryl/α,β-unsaturated/α-hetero) is 1. The van der Waals surface area contributed by atoms with Gasteiger partial charge in [0, 0.05) is 30.4 Å². The van der Waals surface area contributed by atoms with Crippen LogP contribution in [0.3, 0.4) is 0 Å². The van der Waals surface area contributed by atoms with Crippen LogP contribution in [0.5, 0.6) is 0 Å². The summed E-state index contributed by atoms with van der Waals surface area (Å²) in [4.78, 5) is 23.3. The third kappa shape index (κ3) is 3.60. The zero-order chi connectivity index (χ0) is 15.4. The summed E-state index contributed by atoms with van der Waals surface area (Å²) in [6.45, 7) is 4.45. The summed E-state index contributed by atoms with van der Waals surface area (Å²) < 4.78 is 6.63. The van der Waals surface area contributed by atoms with Crippen LogP contribution in [0.4, 0.5) is 0 Å². The molecule has 0 N–H and O–H groups in total. The molecule has 2 aromatic rings. The van der Waals surface area contributed by atoms with E-state index in [2.05, 4.69) is 4.74 Å². The number of methoxy groups -OCH3 is 1. The number of benzene rings is 1. The Hall–Kier alpha value is -2.36. The molecule has 0 unspecified atom stereocenters. The molecular weight excluding hydrogens is 266 g/mol. The molecule has 2 rings (SSSR count). The highest BCUT2D eigenvalue weighted by molar-refractivity contribution is 5.97. The fourth-order valence-corrected chi connectivity index (χ4v) is 2.09. The molecular formula is C17H19NO3. The second kappa shape index (κ2) is 6.39. The highest BCUT2D eigenvalue weighted by Crippen LogP contribution is 2.12. The van der Waals surface area contributed by atoms with E-state index in [1.165, 1.54) is 7.11 Å². The van der Waals surface area contributed by atoms with Crippen LogP contribution in [-0.4, -0.2) is 23.4 Å². The summed E-state index contributed by atoms with van der Waals surface area (Å²) in [5.41, 5.74) is 2.32. The molecule has 1 aromatic heterocycles. The maximum atomic E-state index is 11.9. The third-order valence-electron chi connectivity index (χ3n) is 3.30. The lowest BCUT2D eigenvalue weighted by Gasteiger charge is -2.05. The van der Waals surface area contributed by atoms with Crippen molar-refractivity contribution in [3.63, 3.8) is 0 Å². The molecule has 1 heterocycles. The summed E-state index contributed by atoms with van der Waals surface area (Å²) in [7, 11) is 1.36. The number of carbonyl (C=O) groups is 2. The van der Waals surface area contributed by atoms with Gasteiger partial charge in [0.1, 0.15) is 0 Å². The lowest BCUT2D eigenvalue weighted by atomic mass is 10.0. The van der Waals surface area contributed by atoms with E-state index in [1.54, 1.807) is 12.1 Å². The number of ether oxygens (including phenoxy) is 1. The molecule has 21 heavy (non-hydrogen) atoms. The van der Waals surface area contributed by atoms with Crippen molar-refractivity contribution in [3.05, 3.63) is 59.4 Å². The largest absolute Gasteiger partial charge is 0.465 e. The van der Waals surface area contributed by atoms with Crippen molar-refractivity contribution in [1.82, 2.24) is 4.57 Å². The fraction of sp³-hybridized carbons (Fsp3) is 0.294. The molecule has 110 valence electrons. The molecule has 0 saturated carbocycles. The van der Waals surface area contributed by atoms with E-state index in [0.717, 1.165) is 11.1 Å². The first kappa shape index (κ1) is 15.0. The molecule has 0 aliphatic carbocycles. The highest BCUT2D eigenvalue weighted by Gasteiger charge is 2.11. The highest BCUT2D eigenvalue weighted by atomic mass is 16.5. The van der Waals surface area contributed by atoms with Gasteiger partial charge in [-0.15, -0.1) is 0 Å². The first-order valence-electron chi connectivity index (χ1n) is 6.88. The first-order chi connectivity index (χ1) is 10.0. The Morgan fingerprint density at radius 3 is 2.33 bits per heavy atom. The number of aromatic nitrogens is 1. The molecule has 0 fully saturated rings. The second-order valence-electron chi connectivity index (χ2n) is 5.28. The van der Waals surface area contributed by atoms with Gasteiger partial charge in [0.05, 0.1) is 12.7 Å².